The monoisotopic (exact) mass is 292 g/mol. The van der Waals surface area contributed by atoms with Crippen molar-refractivity contribution in [3.63, 3.8) is 0 Å². The summed E-state index contributed by atoms with van der Waals surface area (Å²) >= 11 is 3.66. The van der Waals surface area contributed by atoms with Crippen LogP contribution in [0.25, 0.3) is 0 Å². The first kappa shape index (κ1) is 12.9. The molecule has 0 aliphatic carbocycles. The second kappa shape index (κ2) is 5.51. The maximum Gasteiger partial charge on any atom is 0.173 e. The van der Waals surface area contributed by atoms with Crippen LogP contribution < -0.4 is 0 Å². The smallest absolute Gasteiger partial charge is 0.173 e. The number of nitrogens with zero attached hydrogens (tertiary/aromatic N) is 2. The number of fused-ring (bicyclic) bond motifs is 1. The normalized spacial score (nSPS) is 14.4. The molecule has 0 atom stereocenters. The van der Waals surface area contributed by atoms with E-state index in [9.17, 15) is 4.79 Å². The van der Waals surface area contributed by atoms with Crippen LogP contribution in [0, 0.1) is 0 Å². The number of aryl methyl sites for hydroxylation is 3. The minimum atomic E-state index is 0.269. The Labute approximate surface area is 121 Å². The Morgan fingerprint density at radius 2 is 2.42 bits per heavy atom. The summed E-state index contributed by atoms with van der Waals surface area (Å²) in [5.41, 5.74) is 2.50. The second-order valence-electron chi connectivity index (χ2n) is 4.73. The Morgan fingerprint density at radius 1 is 1.53 bits per heavy atom. The van der Waals surface area contributed by atoms with Gasteiger partial charge in [-0.2, -0.15) is 16.9 Å². The molecule has 1 aliphatic rings. The van der Waals surface area contributed by atoms with Crippen LogP contribution in [0.15, 0.2) is 18.3 Å². The zero-order valence-electron chi connectivity index (χ0n) is 10.9. The number of thioether (sulfide) groups is 1. The molecule has 19 heavy (non-hydrogen) atoms. The molecule has 0 spiro atoms. The van der Waals surface area contributed by atoms with Crippen molar-refractivity contribution in [3.05, 3.63) is 39.3 Å². The van der Waals surface area contributed by atoms with Crippen LogP contribution >= 0.6 is 23.1 Å². The fraction of sp³-hybridized carbons (Fsp3) is 0.429. The van der Waals surface area contributed by atoms with Crippen LogP contribution in [-0.4, -0.2) is 21.3 Å². The van der Waals surface area contributed by atoms with Crippen LogP contribution in [0.2, 0.25) is 0 Å². The van der Waals surface area contributed by atoms with Gasteiger partial charge in [0.1, 0.15) is 0 Å². The van der Waals surface area contributed by atoms with Crippen LogP contribution in [-0.2, 0) is 25.6 Å². The molecule has 0 amide bonds. The lowest BCUT2D eigenvalue weighted by Crippen LogP contribution is -2.03. The van der Waals surface area contributed by atoms with Crippen molar-refractivity contribution in [1.29, 1.82) is 0 Å². The van der Waals surface area contributed by atoms with E-state index in [2.05, 4.69) is 11.2 Å². The third-order valence-electron chi connectivity index (χ3n) is 3.43. The number of carbonyl (C=O) groups excluding carboxylic acids is 1. The second-order valence-corrected chi connectivity index (χ2v) is 6.97. The summed E-state index contributed by atoms with van der Waals surface area (Å²) in [6.45, 7) is 0. The van der Waals surface area contributed by atoms with Gasteiger partial charge in [0.25, 0.3) is 0 Å². The molecule has 0 saturated heterocycles. The molecule has 0 unspecified atom stereocenters. The van der Waals surface area contributed by atoms with Crippen molar-refractivity contribution >= 4 is 28.9 Å². The van der Waals surface area contributed by atoms with Crippen LogP contribution in [0.3, 0.4) is 0 Å². The van der Waals surface area contributed by atoms with E-state index in [0.29, 0.717) is 6.42 Å². The van der Waals surface area contributed by atoms with Gasteiger partial charge in [0.2, 0.25) is 0 Å². The maximum atomic E-state index is 12.2. The van der Waals surface area contributed by atoms with E-state index in [0.717, 1.165) is 29.2 Å². The summed E-state index contributed by atoms with van der Waals surface area (Å²) in [4.78, 5) is 14.6. The Hall–Kier alpha value is -1.07. The SMILES string of the molecule is Cn1nccc1CCC(=O)c1cc2c(s1)CCSC2. The molecular weight excluding hydrogens is 276 g/mol. The lowest BCUT2D eigenvalue weighted by molar-refractivity contribution is 0.0986. The molecule has 0 fully saturated rings. The van der Waals surface area contributed by atoms with Crippen molar-refractivity contribution in [2.75, 3.05) is 5.75 Å². The van der Waals surface area contributed by atoms with Crippen LogP contribution in [0.5, 0.6) is 0 Å². The van der Waals surface area contributed by atoms with Crippen LogP contribution in [0.1, 0.15) is 32.2 Å². The molecule has 100 valence electrons. The molecule has 0 radical (unpaired) electrons. The van der Waals surface area contributed by atoms with E-state index in [1.807, 2.05) is 29.6 Å². The zero-order valence-corrected chi connectivity index (χ0v) is 12.5. The zero-order chi connectivity index (χ0) is 13.2. The Morgan fingerprint density at radius 3 is 3.16 bits per heavy atom. The number of rotatable bonds is 4. The summed E-state index contributed by atoms with van der Waals surface area (Å²) in [5, 5.41) is 4.13. The highest BCUT2D eigenvalue weighted by atomic mass is 32.2. The molecule has 2 aromatic heterocycles. The van der Waals surface area contributed by atoms with E-state index in [1.54, 1.807) is 17.5 Å². The van der Waals surface area contributed by atoms with Gasteiger partial charge in [-0.1, -0.05) is 0 Å². The van der Waals surface area contributed by atoms with Gasteiger partial charge in [-0.15, -0.1) is 11.3 Å². The van der Waals surface area contributed by atoms with Crippen LogP contribution in [0.4, 0.5) is 0 Å². The van der Waals surface area contributed by atoms with Crippen molar-refractivity contribution < 1.29 is 4.79 Å². The molecule has 0 saturated carbocycles. The maximum absolute atomic E-state index is 12.2. The third kappa shape index (κ3) is 2.77. The topological polar surface area (TPSA) is 34.9 Å². The summed E-state index contributed by atoms with van der Waals surface area (Å²) in [5.74, 6) is 2.53. The summed E-state index contributed by atoms with van der Waals surface area (Å²) < 4.78 is 1.84. The predicted molar refractivity (Wildman–Crippen MR) is 80.0 cm³/mol. The first-order valence-electron chi connectivity index (χ1n) is 6.43. The minimum Gasteiger partial charge on any atom is -0.293 e. The van der Waals surface area contributed by atoms with E-state index in [4.69, 9.17) is 0 Å². The first-order chi connectivity index (χ1) is 9.24. The highest BCUT2D eigenvalue weighted by molar-refractivity contribution is 7.98. The van der Waals surface area contributed by atoms with Crippen molar-refractivity contribution in [2.24, 2.45) is 7.05 Å². The first-order valence-corrected chi connectivity index (χ1v) is 8.40. The average molecular weight is 292 g/mol. The quantitative estimate of drug-likeness (QED) is 0.812. The lowest BCUT2D eigenvalue weighted by atomic mass is 10.1. The molecule has 3 rings (SSSR count). The summed E-state index contributed by atoms with van der Waals surface area (Å²) in [6, 6.07) is 4.08. The van der Waals surface area contributed by atoms with Gasteiger partial charge in [0, 0.05) is 36.0 Å². The number of carbonyl (C=O) groups is 1. The molecule has 0 N–H and O–H groups in total. The number of hydrogen-bond acceptors (Lipinski definition) is 4. The van der Waals surface area contributed by atoms with Gasteiger partial charge in [-0.05, 0) is 36.3 Å². The van der Waals surface area contributed by atoms with E-state index in [1.165, 1.54) is 16.2 Å². The number of Topliss-reactive ketones (excluding diaryl/α,β-unsaturated/α-hetero) is 1. The number of aromatic nitrogens is 2. The van der Waals surface area contributed by atoms with Gasteiger partial charge in [0.15, 0.2) is 5.78 Å². The van der Waals surface area contributed by atoms with Crippen molar-refractivity contribution in [1.82, 2.24) is 9.78 Å². The standard InChI is InChI=1S/C14H16N2OS2/c1-16-11(4-6-15-16)2-3-12(17)14-8-10-9-18-7-5-13(10)19-14/h4,6,8H,2-3,5,7,9H2,1H3. The Kier molecular flexibility index (Phi) is 3.75. The number of ketones is 1. The predicted octanol–water partition coefficient (Wildman–Crippen LogP) is 3.09. The summed E-state index contributed by atoms with van der Waals surface area (Å²) in [6.07, 6.45) is 4.25. The number of thiophene rings is 1. The molecule has 2 aromatic rings. The highest BCUT2D eigenvalue weighted by Gasteiger charge is 2.17. The third-order valence-corrected chi connectivity index (χ3v) is 5.72. The van der Waals surface area contributed by atoms with Gasteiger partial charge >= 0.3 is 0 Å². The van der Waals surface area contributed by atoms with Crippen molar-refractivity contribution in [3.8, 4) is 0 Å². The molecule has 5 heteroatoms. The van der Waals surface area contributed by atoms with E-state index >= 15 is 0 Å². The van der Waals surface area contributed by atoms with Gasteiger partial charge in [-0.25, -0.2) is 0 Å². The fourth-order valence-corrected chi connectivity index (χ4v) is 4.64. The molecular formula is C14H16N2OS2. The molecule has 1 aliphatic heterocycles. The fourth-order valence-electron chi connectivity index (χ4n) is 2.30. The minimum absolute atomic E-state index is 0.269. The van der Waals surface area contributed by atoms with E-state index in [-0.39, 0.29) is 5.78 Å². The highest BCUT2D eigenvalue weighted by Crippen LogP contribution is 2.32. The van der Waals surface area contributed by atoms with Gasteiger partial charge in [-0.3, -0.25) is 9.48 Å². The Bertz CT molecular complexity index is 577. The number of hydrogen-bond donors (Lipinski definition) is 0. The van der Waals surface area contributed by atoms with Crippen molar-refractivity contribution in [2.45, 2.75) is 25.0 Å². The molecule has 0 bridgehead atoms. The largest absolute Gasteiger partial charge is 0.293 e. The van der Waals surface area contributed by atoms with E-state index < -0.39 is 0 Å². The summed E-state index contributed by atoms with van der Waals surface area (Å²) in [7, 11) is 1.92. The molecule has 3 heterocycles. The van der Waals surface area contributed by atoms with Gasteiger partial charge < -0.3 is 0 Å². The molecule has 3 nitrogen and oxygen atoms in total. The molecule has 0 aromatic carbocycles. The van der Waals surface area contributed by atoms with Gasteiger partial charge in [0.05, 0.1) is 4.88 Å². The average Bonchev–Trinajstić information content (AvgIpc) is 3.01. The lowest BCUT2D eigenvalue weighted by Gasteiger charge is -2.08. The Balaban J connectivity index is 1.67.